The number of anilines is 1. The molecule has 0 atom stereocenters. The van der Waals surface area contributed by atoms with Crippen molar-refractivity contribution in [2.24, 2.45) is 4.99 Å². The number of fused-ring (bicyclic) bond motifs is 1. The van der Waals surface area contributed by atoms with Crippen molar-refractivity contribution in [1.29, 1.82) is 0 Å². The largest absolute Gasteiger partial charge is 0.467 e. The van der Waals surface area contributed by atoms with Crippen LogP contribution in [0.25, 0.3) is 0 Å². The monoisotopic (exact) mass is 562 g/mol. The lowest BCUT2D eigenvalue weighted by atomic mass is 10.1. The number of nitrogens with one attached hydrogen (secondary N) is 1. The molecular weight excluding hydrogens is 536 g/mol. The lowest BCUT2D eigenvalue weighted by Crippen LogP contribution is -2.53. The Hall–Kier alpha value is -2.21. The normalized spacial score (nSPS) is 16.2. The topological polar surface area (TPSA) is 49.3 Å². The highest BCUT2D eigenvalue weighted by molar-refractivity contribution is 14.0. The Bertz CT molecular complexity index is 968. The first-order valence-corrected chi connectivity index (χ1v) is 10.2. The molecule has 2 heterocycles. The van der Waals surface area contributed by atoms with E-state index in [-0.39, 0.29) is 42.3 Å². The van der Waals surface area contributed by atoms with E-state index in [9.17, 15) is 13.2 Å². The third kappa shape index (κ3) is 5.58. The van der Waals surface area contributed by atoms with Crippen LogP contribution in [0, 0.1) is 17.5 Å². The Morgan fingerprint density at radius 3 is 2.59 bits per heavy atom. The Morgan fingerprint density at radius 1 is 1.06 bits per heavy atom. The summed E-state index contributed by atoms with van der Waals surface area (Å²) in [7, 11) is 1.70. The molecule has 4 rings (SSSR count). The van der Waals surface area contributed by atoms with Crippen molar-refractivity contribution < 1.29 is 22.6 Å². The highest BCUT2D eigenvalue weighted by atomic mass is 127. The summed E-state index contributed by atoms with van der Waals surface area (Å²) in [5.41, 5.74) is 1.78. The van der Waals surface area contributed by atoms with Crippen molar-refractivity contribution in [2.45, 2.75) is 13.0 Å². The minimum atomic E-state index is -0.452. The fourth-order valence-electron chi connectivity index (χ4n) is 3.97. The van der Waals surface area contributed by atoms with Crippen molar-refractivity contribution in [1.82, 2.24) is 10.2 Å². The van der Waals surface area contributed by atoms with Crippen LogP contribution in [0.3, 0.4) is 0 Å². The van der Waals surface area contributed by atoms with Gasteiger partial charge in [0.05, 0.1) is 12.3 Å². The number of piperazine rings is 1. The van der Waals surface area contributed by atoms with Gasteiger partial charge in [0, 0.05) is 51.4 Å². The van der Waals surface area contributed by atoms with Gasteiger partial charge in [-0.2, -0.15) is 0 Å². The Labute approximate surface area is 202 Å². The quantitative estimate of drug-likeness (QED) is 0.351. The van der Waals surface area contributed by atoms with Crippen molar-refractivity contribution in [3.05, 3.63) is 58.9 Å². The zero-order chi connectivity index (χ0) is 21.8. The van der Waals surface area contributed by atoms with Gasteiger partial charge in [0.25, 0.3) is 0 Å². The van der Waals surface area contributed by atoms with Crippen LogP contribution in [0.15, 0.2) is 35.3 Å². The molecule has 2 aromatic rings. The summed E-state index contributed by atoms with van der Waals surface area (Å²) in [4.78, 5) is 8.23. The SMILES string of the molecule is CN=C(NCCc1cc(F)cc2c1OCOC2)N1CCN(c2cc(F)ccc2F)CC1.I. The zero-order valence-electron chi connectivity index (χ0n) is 17.7. The zero-order valence-corrected chi connectivity index (χ0v) is 20.1. The van der Waals surface area contributed by atoms with E-state index in [4.69, 9.17) is 9.47 Å². The summed E-state index contributed by atoms with van der Waals surface area (Å²) in [6, 6.07) is 6.42. The molecule has 0 unspecified atom stereocenters. The first-order valence-electron chi connectivity index (χ1n) is 10.2. The van der Waals surface area contributed by atoms with Gasteiger partial charge in [-0.15, -0.1) is 24.0 Å². The molecule has 1 saturated heterocycles. The number of hydrogen-bond donors (Lipinski definition) is 1. The van der Waals surface area contributed by atoms with Crippen molar-refractivity contribution >= 4 is 35.6 Å². The first-order chi connectivity index (χ1) is 15.0. The number of nitrogens with zero attached hydrogens (tertiary/aromatic N) is 3. The first kappa shape index (κ1) is 24.4. The van der Waals surface area contributed by atoms with E-state index in [1.54, 1.807) is 7.05 Å². The van der Waals surface area contributed by atoms with Gasteiger partial charge in [0.1, 0.15) is 23.2 Å². The van der Waals surface area contributed by atoms with Gasteiger partial charge in [0.2, 0.25) is 0 Å². The molecule has 10 heteroatoms. The maximum atomic E-state index is 14.0. The van der Waals surface area contributed by atoms with E-state index in [1.165, 1.54) is 18.2 Å². The fourth-order valence-corrected chi connectivity index (χ4v) is 3.97. The average Bonchev–Trinajstić information content (AvgIpc) is 2.78. The predicted octanol–water partition coefficient (Wildman–Crippen LogP) is 3.53. The second-order valence-electron chi connectivity index (χ2n) is 7.46. The number of aliphatic imine (C=N–C) groups is 1. The number of guanidine groups is 1. The molecule has 0 spiro atoms. The van der Waals surface area contributed by atoms with Crippen LogP contribution in [0.5, 0.6) is 5.75 Å². The highest BCUT2D eigenvalue weighted by Crippen LogP contribution is 2.29. The second kappa shape index (κ2) is 11.1. The minimum Gasteiger partial charge on any atom is -0.467 e. The van der Waals surface area contributed by atoms with E-state index in [1.807, 2.05) is 4.90 Å². The molecule has 2 aliphatic rings. The van der Waals surface area contributed by atoms with E-state index < -0.39 is 11.6 Å². The molecule has 1 fully saturated rings. The van der Waals surface area contributed by atoms with E-state index in [2.05, 4.69) is 15.2 Å². The Kier molecular flexibility index (Phi) is 8.46. The molecule has 32 heavy (non-hydrogen) atoms. The van der Waals surface area contributed by atoms with Crippen molar-refractivity contribution in [3.8, 4) is 5.75 Å². The number of rotatable bonds is 4. The van der Waals surface area contributed by atoms with Gasteiger partial charge >= 0.3 is 0 Å². The van der Waals surface area contributed by atoms with Gasteiger partial charge in [-0.05, 0) is 36.2 Å². The summed E-state index contributed by atoms with van der Waals surface area (Å²) < 4.78 is 52.2. The summed E-state index contributed by atoms with van der Waals surface area (Å²) in [6.45, 7) is 3.38. The molecule has 0 aliphatic carbocycles. The molecule has 2 aromatic carbocycles. The van der Waals surface area contributed by atoms with Crippen LogP contribution < -0.4 is 15.0 Å². The summed E-state index contributed by atoms with van der Waals surface area (Å²) >= 11 is 0. The molecule has 174 valence electrons. The molecule has 0 aromatic heterocycles. The van der Waals surface area contributed by atoms with Crippen LogP contribution in [-0.2, 0) is 17.8 Å². The standard InChI is InChI=1S/C22H25F3N4O2.HI/c1-26-22(27-5-4-15-10-18(24)11-16-13-30-14-31-21(15)16)29-8-6-28(7-9-29)20-12-17(23)2-3-19(20)25;/h2-3,10-12H,4-9,13-14H2,1H3,(H,26,27);1H. The lowest BCUT2D eigenvalue weighted by molar-refractivity contribution is -0.0172. The maximum Gasteiger partial charge on any atom is 0.193 e. The average molecular weight is 562 g/mol. The highest BCUT2D eigenvalue weighted by Gasteiger charge is 2.22. The molecule has 0 bridgehead atoms. The van der Waals surface area contributed by atoms with Gasteiger partial charge in [0.15, 0.2) is 12.8 Å². The van der Waals surface area contributed by atoms with Crippen LogP contribution in [0.2, 0.25) is 0 Å². The number of hydrogen-bond acceptors (Lipinski definition) is 4. The lowest BCUT2D eigenvalue weighted by Gasteiger charge is -2.37. The van der Waals surface area contributed by atoms with Crippen LogP contribution in [0.4, 0.5) is 18.9 Å². The molecule has 0 amide bonds. The predicted molar refractivity (Wildman–Crippen MR) is 127 cm³/mol. The number of halogens is 4. The third-order valence-corrected chi connectivity index (χ3v) is 5.47. The van der Waals surface area contributed by atoms with Crippen LogP contribution in [-0.4, -0.2) is 57.4 Å². The molecule has 0 radical (unpaired) electrons. The molecule has 0 saturated carbocycles. The van der Waals surface area contributed by atoms with E-state index >= 15 is 0 Å². The molecule has 1 N–H and O–H groups in total. The summed E-state index contributed by atoms with van der Waals surface area (Å²) in [5, 5.41) is 3.30. The van der Waals surface area contributed by atoms with E-state index in [0.717, 1.165) is 17.7 Å². The van der Waals surface area contributed by atoms with Gasteiger partial charge in [-0.25, -0.2) is 13.2 Å². The fraction of sp³-hybridized carbons (Fsp3) is 0.409. The summed E-state index contributed by atoms with van der Waals surface area (Å²) in [6.07, 6.45) is 0.563. The molecular formula is C22H26F3IN4O2. The number of benzene rings is 2. The van der Waals surface area contributed by atoms with Crippen molar-refractivity contribution in [3.63, 3.8) is 0 Å². The van der Waals surface area contributed by atoms with Gasteiger partial charge < -0.3 is 24.6 Å². The van der Waals surface area contributed by atoms with Gasteiger partial charge in [-0.3, -0.25) is 4.99 Å². The molecule has 6 nitrogen and oxygen atoms in total. The van der Waals surface area contributed by atoms with Gasteiger partial charge in [-0.1, -0.05) is 0 Å². The Balaban J connectivity index is 0.00000289. The smallest absolute Gasteiger partial charge is 0.193 e. The van der Waals surface area contributed by atoms with Crippen LogP contribution in [0.1, 0.15) is 11.1 Å². The maximum absolute atomic E-state index is 14.0. The third-order valence-electron chi connectivity index (χ3n) is 5.47. The minimum absolute atomic E-state index is 0. The van der Waals surface area contributed by atoms with Crippen LogP contribution >= 0.6 is 24.0 Å². The summed E-state index contributed by atoms with van der Waals surface area (Å²) in [5.74, 6) is 0.215. The second-order valence-corrected chi connectivity index (χ2v) is 7.46. The van der Waals surface area contributed by atoms with E-state index in [0.29, 0.717) is 63.0 Å². The van der Waals surface area contributed by atoms with Crippen molar-refractivity contribution in [2.75, 3.05) is 51.5 Å². The molecule has 2 aliphatic heterocycles. The Morgan fingerprint density at radius 2 is 1.84 bits per heavy atom. The number of ether oxygens (including phenoxy) is 2.